The van der Waals surface area contributed by atoms with Crippen LogP contribution in [-0.2, 0) is 10.8 Å². The first-order chi connectivity index (χ1) is 18.3. The topological polar surface area (TPSA) is 17.3 Å². The van der Waals surface area contributed by atoms with Crippen molar-refractivity contribution >= 4 is 38.0 Å². The highest BCUT2D eigenvalue weighted by atomic mass is 15.0. The Balaban J connectivity index is 1.48. The molecule has 8 rings (SSSR count). The summed E-state index contributed by atoms with van der Waals surface area (Å²) in [7, 11) is 0. The van der Waals surface area contributed by atoms with E-state index in [1.807, 2.05) is 6.20 Å². The van der Waals surface area contributed by atoms with Gasteiger partial charge in [-0.1, -0.05) is 95.3 Å². The van der Waals surface area contributed by atoms with E-state index in [2.05, 4.69) is 124 Å². The smallest absolute Gasteiger partial charge is 0.0749 e. The number of para-hydroxylation sites is 2. The Morgan fingerprint density at radius 2 is 1.45 bits per heavy atom. The minimum Gasteiger partial charge on any atom is -0.311 e. The Hall–Kier alpha value is -4.17. The zero-order valence-electron chi connectivity index (χ0n) is 22.6. The van der Waals surface area contributed by atoms with E-state index in [0.29, 0.717) is 0 Å². The molecule has 38 heavy (non-hydrogen) atoms. The lowest BCUT2D eigenvalue weighted by atomic mass is 9.79. The second kappa shape index (κ2) is 7.02. The van der Waals surface area contributed by atoms with Crippen LogP contribution in [0.4, 0.5) is 0 Å². The Morgan fingerprint density at radius 1 is 0.737 bits per heavy atom. The maximum Gasteiger partial charge on any atom is 0.0749 e. The van der Waals surface area contributed by atoms with Gasteiger partial charge in [0.05, 0.1) is 16.7 Å². The van der Waals surface area contributed by atoms with Gasteiger partial charge in [-0.15, -0.1) is 0 Å². The summed E-state index contributed by atoms with van der Waals surface area (Å²) >= 11 is 0. The summed E-state index contributed by atoms with van der Waals surface area (Å²) in [4.78, 5) is 5.09. The van der Waals surface area contributed by atoms with Gasteiger partial charge in [0.25, 0.3) is 0 Å². The van der Waals surface area contributed by atoms with Crippen molar-refractivity contribution in [1.29, 1.82) is 0 Å². The van der Waals surface area contributed by atoms with Crippen LogP contribution < -0.4 is 0 Å². The first kappa shape index (κ1) is 21.9. The number of benzene rings is 4. The molecule has 4 aromatic carbocycles. The number of nitrogens with zero attached hydrogens (tertiary/aromatic N) is 2. The fraction of sp³-hybridized carbons (Fsp3) is 0.194. The number of pyridine rings is 1. The molecule has 3 aromatic heterocycles. The summed E-state index contributed by atoms with van der Waals surface area (Å²) in [5.41, 5.74) is 11.5. The first-order valence-corrected chi connectivity index (χ1v) is 13.6. The number of hydrogen-bond acceptors (Lipinski definition) is 1. The molecule has 0 spiro atoms. The average molecular weight is 491 g/mol. The highest BCUT2D eigenvalue weighted by molar-refractivity contribution is 6.20. The van der Waals surface area contributed by atoms with Crippen molar-refractivity contribution in [3.8, 4) is 22.4 Å². The Labute approximate surface area is 222 Å². The lowest BCUT2D eigenvalue weighted by Gasteiger charge is -2.26. The van der Waals surface area contributed by atoms with E-state index in [-0.39, 0.29) is 10.8 Å². The van der Waals surface area contributed by atoms with E-state index in [1.165, 1.54) is 71.5 Å². The first-order valence-electron chi connectivity index (χ1n) is 13.6. The predicted molar refractivity (Wildman–Crippen MR) is 161 cm³/mol. The SMILES string of the molecule is CC(C)(C)c1cc(-c2nccc3c2C(C)(C)c2c-3c3cccc4c5ccccc5n2c34)cc2ccccc12. The van der Waals surface area contributed by atoms with Gasteiger partial charge >= 0.3 is 0 Å². The number of aromatic nitrogens is 2. The van der Waals surface area contributed by atoms with Crippen LogP contribution in [0.25, 0.3) is 60.3 Å². The third-order valence-electron chi connectivity index (χ3n) is 8.81. The van der Waals surface area contributed by atoms with Crippen molar-refractivity contribution < 1.29 is 0 Å². The molecular weight excluding hydrogens is 460 g/mol. The third kappa shape index (κ3) is 2.60. The molecule has 0 aliphatic heterocycles. The summed E-state index contributed by atoms with van der Waals surface area (Å²) < 4.78 is 2.54. The fourth-order valence-corrected chi connectivity index (χ4v) is 7.26. The van der Waals surface area contributed by atoms with Gasteiger partial charge in [-0.05, 0) is 57.1 Å². The van der Waals surface area contributed by atoms with Crippen molar-refractivity contribution in [2.24, 2.45) is 0 Å². The standard InChI is InChI=1S/C36H30N2/c1-35(2,3)28-20-22(19-21-11-6-7-12-23(21)28)32-31-26(17-18-37-32)30-27-15-10-14-25-24-13-8-9-16-29(24)38(33(25)27)34(30)36(31,4)5/h6-20H,1-5H3. The number of fused-ring (bicyclic) bond motifs is 9. The van der Waals surface area contributed by atoms with E-state index in [1.54, 1.807) is 0 Å². The molecule has 0 saturated carbocycles. The molecule has 2 heteroatoms. The van der Waals surface area contributed by atoms with Crippen LogP contribution in [0.5, 0.6) is 0 Å². The van der Waals surface area contributed by atoms with Crippen LogP contribution in [0.1, 0.15) is 51.4 Å². The van der Waals surface area contributed by atoms with E-state index in [9.17, 15) is 0 Å². The van der Waals surface area contributed by atoms with Gasteiger partial charge in [0, 0.05) is 44.6 Å². The molecule has 0 unspecified atom stereocenters. The second-order valence-electron chi connectivity index (χ2n) is 12.5. The molecule has 7 aromatic rings. The van der Waals surface area contributed by atoms with Crippen molar-refractivity contribution in [1.82, 2.24) is 9.38 Å². The monoisotopic (exact) mass is 490 g/mol. The molecule has 1 aliphatic carbocycles. The minimum atomic E-state index is -0.213. The van der Waals surface area contributed by atoms with E-state index in [4.69, 9.17) is 4.98 Å². The fourth-order valence-electron chi connectivity index (χ4n) is 7.26. The Kier molecular flexibility index (Phi) is 4.04. The summed E-state index contributed by atoms with van der Waals surface area (Å²) in [6.45, 7) is 11.7. The van der Waals surface area contributed by atoms with Gasteiger partial charge < -0.3 is 4.40 Å². The van der Waals surface area contributed by atoms with E-state index in [0.717, 1.165) is 5.69 Å². The molecule has 3 heterocycles. The molecule has 0 N–H and O–H groups in total. The summed E-state index contributed by atoms with van der Waals surface area (Å²) in [5, 5.41) is 6.60. The molecule has 0 fully saturated rings. The average Bonchev–Trinajstić information content (AvgIpc) is 3.51. The largest absolute Gasteiger partial charge is 0.311 e. The molecule has 184 valence electrons. The zero-order chi connectivity index (χ0) is 26.0. The van der Waals surface area contributed by atoms with Crippen LogP contribution in [-0.4, -0.2) is 9.38 Å². The van der Waals surface area contributed by atoms with Crippen molar-refractivity contribution in [2.45, 2.75) is 45.4 Å². The van der Waals surface area contributed by atoms with Gasteiger partial charge in [0.1, 0.15) is 0 Å². The Morgan fingerprint density at radius 3 is 2.26 bits per heavy atom. The van der Waals surface area contributed by atoms with E-state index < -0.39 is 0 Å². The Bertz CT molecular complexity index is 2080. The van der Waals surface area contributed by atoms with Gasteiger partial charge in [-0.3, -0.25) is 4.98 Å². The van der Waals surface area contributed by atoms with Crippen LogP contribution in [0.3, 0.4) is 0 Å². The third-order valence-corrected chi connectivity index (χ3v) is 8.81. The van der Waals surface area contributed by atoms with Crippen LogP contribution in [0.15, 0.2) is 91.1 Å². The predicted octanol–water partition coefficient (Wildman–Crippen LogP) is 9.50. The van der Waals surface area contributed by atoms with E-state index >= 15 is 0 Å². The molecule has 2 nitrogen and oxygen atoms in total. The van der Waals surface area contributed by atoms with Crippen LogP contribution >= 0.6 is 0 Å². The summed E-state index contributed by atoms with van der Waals surface area (Å²) in [6.07, 6.45) is 2.01. The second-order valence-corrected chi connectivity index (χ2v) is 12.5. The van der Waals surface area contributed by atoms with Gasteiger partial charge in [0.15, 0.2) is 0 Å². The summed E-state index contributed by atoms with van der Waals surface area (Å²) in [5.74, 6) is 0. The van der Waals surface area contributed by atoms with Gasteiger partial charge in [-0.2, -0.15) is 0 Å². The van der Waals surface area contributed by atoms with Crippen LogP contribution in [0.2, 0.25) is 0 Å². The molecule has 0 bridgehead atoms. The number of hydrogen-bond donors (Lipinski definition) is 0. The van der Waals surface area contributed by atoms with Crippen molar-refractivity contribution in [3.63, 3.8) is 0 Å². The molecule has 0 amide bonds. The molecule has 0 atom stereocenters. The maximum atomic E-state index is 5.09. The highest BCUT2D eigenvalue weighted by Gasteiger charge is 2.43. The molecule has 0 saturated heterocycles. The molecular formula is C36H30N2. The quantitative estimate of drug-likeness (QED) is 0.224. The molecule has 1 aliphatic rings. The van der Waals surface area contributed by atoms with Crippen molar-refractivity contribution in [2.75, 3.05) is 0 Å². The van der Waals surface area contributed by atoms with Crippen molar-refractivity contribution in [3.05, 3.63) is 108 Å². The lowest BCUT2D eigenvalue weighted by molar-refractivity contribution is 0.596. The zero-order valence-corrected chi connectivity index (χ0v) is 22.6. The minimum absolute atomic E-state index is 0.0255. The highest BCUT2D eigenvalue weighted by Crippen LogP contribution is 2.56. The summed E-state index contributed by atoms with van der Waals surface area (Å²) in [6, 6.07) is 31.4. The molecule has 0 radical (unpaired) electrons. The normalized spacial score (nSPS) is 14.7. The van der Waals surface area contributed by atoms with Gasteiger partial charge in [0.2, 0.25) is 0 Å². The lowest BCUT2D eigenvalue weighted by Crippen LogP contribution is -2.19. The number of rotatable bonds is 1. The van der Waals surface area contributed by atoms with Crippen LogP contribution in [0, 0.1) is 0 Å². The maximum absolute atomic E-state index is 5.09. The van der Waals surface area contributed by atoms with Gasteiger partial charge in [-0.25, -0.2) is 0 Å².